The minimum atomic E-state index is -0.238. The van der Waals surface area contributed by atoms with Gasteiger partial charge in [-0.1, -0.05) is 11.8 Å². The molecule has 0 saturated carbocycles. The Kier molecular flexibility index (Phi) is 7.72. The molecule has 1 aromatic heterocycles. The Morgan fingerprint density at radius 2 is 1.62 bits per heavy atom. The van der Waals surface area contributed by atoms with Gasteiger partial charge in [0.25, 0.3) is 0 Å². The maximum absolute atomic E-state index is 13.2. The second-order valence-corrected chi connectivity index (χ2v) is 9.16. The average molecular weight is 483 g/mol. The molecule has 1 fully saturated rings. The lowest BCUT2D eigenvalue weighted by Crippen LogP contribution is -2.49. The first-order valence-corrected chi connectivity index (χ1v) is 12.6. The van der Waals surface area contributed by atoms with E-state index in [0.29, 0.717) is 18.8 Å². The van der Waals surface area contributed by atoms with Gasteiger partial charge in [-0.2, -0.15) is 0 Å². The van der Waals surface area contributed by atoms with Crippen molar-refractivity contribution in [3.63, 3.8) is 0 Å². The monoisotopic (exact) mass is 482 g/mol. The highest BCUT2D eigenvalue weighted by Crippen LogP contribution is 2.25. The number of rotatable bonds is 8. The Balaban J connectivity index is 1.31. The van der Waals surface area contributed by atoms with Gasteiger partial charge in [-0.05, 0) is 62.4 Å². The predicted molar refractivity (Wildman–Crippen MR) is 136 cm³/mol. The molecule has 180 valence electrons. The fourth-order valence-electron chi connectivity index (χ4n) is 4.19. The number of carbonyl (C=O) groups is 1. The van der Waals surface area contributed by atoms with Crippen LogP contribution in [-0.2, 0) is 11.8 Å². The number of anilines is 2. The van der Waals surface area contributed by atoms with Gasteiger partial charge in [0.15, 0.2) is 11.0 Å². The van der Waals surface area contributed by atoms with Crippen LogP contribution in [-0.4, -0.2) is 70.6 Å². The first-order chi connectivity index (χ1) is 16.5. The third-order valence-electron chi connectivity index (χ3n) is 6.24. The molecule has 1 aliphatic rings. The van der Waals surface area contributed by atoms with E-state index in [9.17, 15) is 9.18 Å². The number of nitrogens with zero attached hydrogens (tertiary/aromatic N) is 6. The molecule has 3 aromatic rings. The third kappa shape index (κ3) is 5.35. The Labute approximate surface area is 204 Å². The minimum Gasteiger partial charge on any atom is -0.372 e. The second-order valence-electron chi connectivity index (χ2n) is 8.22. The molecule has 0 N–H and O–H groups in total. The third-order valence-corrected chi connectivity index (χ3v) is 7.24. The van der Waals surface area contributed by atoms with E-state index < -0.39 is 0 Å². The van der Waals surface area contributed by atoms with Crippen LogP contribution in [0.5, 0.6) is 0 Å². The van der Waals surface area contributed by atoms with Gasteiger partial charge in [0.1, 0.15) is 5.82 Å². The highest BCUT2D eigenvalue weighted by Gasteiger charge is 2.22. The summed E-state index contributed by atoms with van der Waals surface area (Å²) in [6, 6.07) is 14.9. The lowest BCUT2D eigenvalue weighted by Gasteiger charge is -2.36. The number of amides is 1. The summed E-state index contributed by atoms with van der Waals surface area (Å²) in [4.78, 5) is 19.1. The van der Waals surface area contributed by atoms with Gasteiger partial charge in [-0.15, -0.1) is 10.2 Å². The molecule has 0 unspecified atom stereocenters. The van der Waals surface area contributed by atoms with Gasteiger partial charge in [0, 0.05) is 63.3 Å². The summed E-state index contributed by atoms with van der Waals surface area (Å²) in [6.45, 7) is 9.01. The summed E-state index contributed by atoms with van der Waals surface area (Å²) in [6.07, 6.45) is 0. The average Bonchev–Trinajstić information content (AvgIpc) is 3.24. The topological polar surface area (TPSA) is 57.5 Å². The van der Waals surface area contributed by atoms with Crippen LogP contribution >= 0.6 is 11.8 Å². The van der Waals surface area contributed by atoms with Gasteiger partial charge >= 0.3 is 0 Å². The van der Waals surface area contributed by atoms with E-state index in [1.54, 1.807) is 12.1 Å². The predicted octanol–water partition coefficient (Wildman–Crippen LogP) is 3.91. The van der Waals surface area contributed by atoms with Gasteiger partial charge < -0.3 is 19.3 Å². The molecule has 34 heavy (non-hydrogen) atoms. The van der Waals surface area contributed by atoms with Crippen LogP contribution in [0.4, 0.5) is 15.8 Å². The van der Waals surface area contributed by atoms with Crippen molar-refractivity contribution in [3.05, 3.63) is 54.3 Å². The van der Waals surface area contributed by atoms with E-state index in [0.717, 1.165) is 48.4 Å². The fourth-order valence-corrected chi connectivity index (χ4v) is 5.00. The smallest absolute Gasteiger partial charge is 0.233 e. The molecule has 0 atom stereocenters. The van der Waals surface area contributed by atoms with E-state index in [4.69, 9.17) is 0 Å². The van der Waals surface area contributed by atoms with Crippen molar-refractivity contribution >= 4 is 29.0 Å². The SMILES string of the molecule is CCN(CC)c1ccc(-c2nnc(SCC(=O)N3CCN(c4ccc(F)cc4)CC3)n2C)cc1. The van der Waals surface area contributed by atoms with Gasteiger partial charge in [-0.3, -0.25) is 4.79 Å². The molecule has 0 bridgehead atoms. The molecule has 9 heteroatoms. The van der Waals surface area contributed by atoms with Crippen molar-refractivity contribution in [1.29, 1.82) is 0 Å². The van der Waals surface area contributed by atoms with Crippen LogP contribution in [0.25, 0.3) is 11.4 Å². The van der Waals surface area contributed by atoms with Crippen molar-refractivity contribution in [2.75, 3.05) is 54.8 Å². The van der Waals surface area contributed by atoms with Crippen molar-refractivity contribution in [3.8, 4) is 11.4 Å². The fraction of sp³-hybridized carbons (Fsp3) is 0.400. The van der Waals surface area contributed by atoms with Crippen LogP contribution in [0.3, 0.4) is 0 Å². The van der Waals surface area contributed by atoms with Gasteiger partial charge in [0.05, 0.1) is 5.75 Å². The molecule has 0 radical (unpaired) electrons. The number of halogens is 1. The molecule has 1 amide bonds. The molecular formula is C25H31FN6OS. The van der Waals surface area contributed by atoms with Crippen LogP contribution in [0.1, 0.15) is 13.8 Å². The zero-order chi connectivity index (χ0) is 24.1. The van der Waals surface area contributed by atoms with Gasteiger partial charge in [-0.25, -0.2) is 4.39 Å². The first kappa shape index (κ1) is 24.1. The van der Waals surface area contributed by atoms with Crippen molar-refractivity contribution in [2.24, 2.45) is 7.05 Å². The Bertz CT molecular complexity index is 1090. The zero-order valence-electron chi connectivity index (χ0n) is 19.9. The molecule has 1 saturated heterocycles. The number of benzene rings is 2. The summed E-state index contributed by atoms with van der Waals surface area (Å²) < 4.78 is 15.1. The van der Waals surface area contributed by atoms with Crippen LogP contribution < -0.4 is 9.80 Å². The molecule has 7 nitrogen and oxygen atoms in total. The molecule has 4 rings (SSSR count). The molecular weight excluding hydrogens is 451 g/mol. The lowest BCUT2D eigenvalue weighted by atomic mass is 10.2. The van der Waals surface area contributed by atoms with E-state index in [2.05, 4.69) is 58.1 Å². The number of thioether (sulfide) groups is 1. The van der Waals surface area contributed by atoms with Crippen molar-refractivity contribution in [2.45, 2.75) is 19.0 Å². The number of piperazine rings is 1. The highest BCUT2D eigenvalue weighted by atomic mass is 32.2. The Morgan fingerprint density at radius 3 is 2.24 bits per heavy atom. The summed E-state index contributed by atoms with van der Waals surface area (Å²) >= 11 is 1.41. The quantitative estimate of drug-likeness (QED) is 0.454. The highest BCUT2D eigenvalue weighted by molar-refractivity contribution is 7.99. The van der Waals surface area contributed by atoms with Crippen LogP contribution in [0.15, 0.2) is 53.7 Å². The van der Waals surface area contributed by atoms with E-state index >= 15 is 0 Å². The van der Waals surface area contributed by atoms with Crippen molar-refractivity contribution in [1.82, 2.24) is 19.7 Å². The first-order valence-electron chi connectivity index (χ1n) is 11.7. The Hall–Kier alpha value is -3.07. The second kappa shape index (κ2) is 10.9. The zero-order valence-corrected chi connectivity index (χ0v) is 20.8. The number of aromatic nitrogens is 3. The maximum Gasteiger partial charge on any atom is 0.233 e. The summed E-state index contributed by atoms with van der Waals surface area (Å²) in [7, 11) is 1.93. The van der Waals surface area contributed by atoms with Gasteiger partial charge in [0.2, 0.25) is 5.91 Å². The van der Waals surface area contributed by atoms with E-state index in [-0.39, 0.29) is 11.7 Å². The largest absolute Gasteiger partial charge is 0.372 e. The van der Waals surface area contributed by atoms with E-state index in [1.165, 1.54) is 29.6 Å². The van der Waals surface area contributed by atoms with Crippen LogP contribution in [0.2, 0.25) is 0 Å². The maximum atomic E-state index is 13.2. The number of carbonyl (C=O) groups excluding carboxylic acids is 1. The number of hydrogen-bond donors (Lipinski definition) is 0. The summed E-state index contributed by atoms with van der Waals surface area (Å²) in [5.41, 5.74) is 3.18. The Morgan fingerprint density at radius 1 is 0.971 bits per heavy atom. The van der Waals surface area contributed by atoms with Crippen molar-refractivity contribution < 1.29 is 9.18 Å². The normalized spacial score (nSPS) is 13.9. The summed E-state index contributed by atoms with van der Waals surface area (Å²) in [5.74, 6) is 0.965. The molecule has 0 spiro atoms. The number of hydrogen-bond acceptors (Lipinski definition) is 6. The van der Waals surface area contributed by atoms with Crippen LogP contribution in [0, 0.1) is 5.82 Å². The molecule has 1 aliphatic heterocycles. The lowest BCUT2D eigenvalue weighted by molar-refractivity contribution is -0.128. The molecule has 2 heterocycles. The molecule has 2 aromatic carbocycles. The standard InChI is InChI=1S/C25H31FN6OS/c1-4-30(5-2)21-10-6-19(7-11-21)24-27-28-25(29(24)3)34-18-23(33)32-16-14-31(15-17-32)22-12-8-20(26)9-13-22/h6-13H,4-5,14-18H2,1-3H3. The molecule has 0 aliphatic carbocycles. The van der Waals surface area contributed by atoms with E-state index in [1.807, 2.05) is 16.5 Å². The minimum absolute atomic E-state index is 0.0943. The summed E-state index contributed by atoms with van der Waals surface area (Å²) in [5, 5.41) is 9.40.